The van der Waals surface area contributed by atoms with Crippen LogP contribution in [0.4, 0.5) is 0 Å². The van der Waals surface area contributed by atoms with E-state index in [1.165, 1.54) is 16.7 Å². The molecule has 1 aromatic carbocycles. The van der Waals surface area contributed by atoms with Crippen molar-refractivity contribution >= 4 is 23.6 Å². The molecular weight excluding hydrogens is 400 g/mol. The van der Waals surface area contributed by atoms with E-state index in [9.17, 15) is 9.59 Å². The van der Waals surface area contributed by atoms with Gasteiger partial charge in [0, 0.05) is 43.7 Å². The number of thioether (sulfide) groups is 1. The zero-order valence-corrected chi connectivity index (χ0v) is 18.2. The summed E-state index contributed by atoms with van der Waals surface area (Å²) in [4.78, 5) is 30.8. The molecule has 2 heterocycles. The maximum atomic E-state index is 12.8. The molecule has 2 amide bonds. The van der Waals surface area contributed by atoms with E-state index >= 15 is 0 Å². The minimum Gasteiger partial charge on any atom is -0.361 e. The summed E-state index contributed by atoms with van der Waals surface area (Å²) in [7, 11) is 3.42. The summed E-state index contributed by atoms with van der Waals surface area (Å²) in [5.74, 6) is 1.10. The summed E-state index contributed by atoms with van der Waals surface area (Å²) in [6, 6.07) is 10.7. The quantitative estimate of drug-likeness (QED) is 0.583. The summed E-state index contributed by atoms with van der Waals surface area (Å²) in [5, 5.41) is 7.53. The SMILES string of the molecule is Cc1noc(C)c1CSc1ncccc1C(=O)NCc1cccc(C(=O)N(C)C)c1. The minimum atomic E-state index is -0.214. The van der Waals surface area contributed by atoms with Crippen molar-refractivity contribution in [1.29, 1.82) is 0 Å². The van der Waals surface area contributed by atoms with Gasteiger partial charge < -0.3 is 14.7 Å². The first-order valence-corrected chi connectivity index (χ1v) is 10.4. The molecule has 0 atom stereocenters. The molecule has 3 rings (SSSR count). The van der Waals surface area contributed by atoms with Crippen molar-refractivity contribution in [2.45, 2.75) is 31.2 Å². The molecule has 0 bridgehead atoms. The molecule has 0 unspecified atom stereocenters. The van der Waals surface area contributed by atoms with Crippen molar-refractivity contribution in [3.8, 4) is 0 Å². The Kier molecular flexibility index (Phi) is 6.89. The zero-order valence-electron chi connectivity index (χ0n) is 17.4. The van der Waals surface area contributed by atoms with E-state index in [4.69, 9.17) is 4.52 Å². The molecular formula is C22H24N4O3S. The molecule has 8 heteroatoms. The van der Waals surface area contributed by atoms with Gasteiger partial charge in [-0.3, -0.25) is 9.59 Å². The number of amides is 2. The number of aromatic nitrogens is 2. The number of carbonyl (C=O) groups is 2. The molecule has 30 heavy (non-hydrogen) atoms. The Morgan fingerprint density at radius 2 is 1.97 bits per heavy atom. The first-order chi connectivity index (χ1) is 14.4. The second-order valence-electron chi connectivity index (χ2n) is 7.03. The van der Waals surface area contributed by atoms with E-state index in [0.29, 0.717) is 28.5 Å². The number of nitrogens with one attached hydrogen (secondary N) is 1. The van der Waals surface area contributed by atoms with Crippen LogP contribution in [0.25, 0.3) is 0 Å². The smallest absolute Gasteiger partial charge is 0.254 e. The lowest BCUT2D eigenvalue weighted by Crippen LogP contribution is -2.24. The summed E-state index contributed by atoms with van der Waals surface area (Å²) in [6.45, 7) is 4.08. The third kappa shape index (κ3) is 5.07. The third-order valence-electron chi connectivity index (χ3n) is 4.58. The van der Waals surface area contributed by atoms with E-state index in [1.54, 1.807) is 44.6 Å². The Morgan fingerprint density at radius 3 is 2.67 bits per heavy atom. The molecule has 0 saturated heterocycles. The second kappa shape index (κ2) is 9.58. The van der Waals surface area contributed by atoms with E-state index < -0.39 is 0 Å². The number of nitrogens with zero attached hydrogens (tertiary/aromatic N) is 3. The molecule has 2 aromatic heterocycles. The van der Waals surface area contributed by atoms with E-state index in [1.807, 2.05) is 26.0 Å². The number of benzene rings is 1. The Hall–Kier alpha value is -3.13. The first-order valence-electron chi connectivity index (χ1n) is 9.45. The van der Waals surface area contributed by atoms with Crippen molar-refractivity contribution < 1.29 is 14.1 Å². The van der Waals surface area contributed by atoms with Crippen LogP contribution >= 0.6 is 11.8 Å². The molecule has 0 saturated carbocycles. The molecule has 0 fully saturated rings. The average Bonchev–Trinajstić information content (AvgIpc) is 3.07. The van der Waals surface area contributed by atoms with Gasteiger partial charge in [-0.25, -0.2) is 4.98 Å². The van der Waals surface area contributed by atoms with Gasteiger partial charge in [-0.1, -0.05) is 17.3 Å². The van der Waals surface area contributed by atoms with Gasteiger partial charge in [-0.15, -0.1) is 11.8 Å². The van der Waals surface area contributed by atoms with Gasteiger partial charge in [0.1, 0.15) is 10.8 Å². The second-order valence-corrected chi connectivity index (χ2v) is 7.99. The maximum absolute atomic E-state index is 12.8. The van der Waals surface area contributed by atoms with Gasteiger partial charge in [0.25, 0.3) is 11.8 Å². The lowest BCUT2D eigenvalue weighted by molar-refractivity contribution is 0.0827. The fraction of sp³-hybridized carbons (Fsp3) is 0.273. The molecule has 0 radical (unpaired) electrons. The van der Waals surface area contributed by atoms with Crippen molar-refractivity contribution in [3.63, 3.8) is 0 Å². The maximum Gasteiger partial charge on any atom is 0.254 e. The molecule has 1 N–H and O–H groups in total. The summed E-state index contributed by atoms with van der Waals surface area (Å²) in [6.07, 6.45) is 1.67. The van der Waals surface area contributed by atoms with Gasteiger partial charge in [0.2, 0.25) is 0 Å². The van der Waals surface area contributed by atoms with Crippen LogP contribution in [0.3, 0.4) is 0 Å². The van der Waals surface area contributed by atoms with E-state index in [2.05, 4.69) is 15.5 Å². The van der Waals surface area contributed by atoms with Crippen molar-refractivity contribution in [2.24, 2.45) is 0 Å². The summed E-state index contributed by atoms with van der Waals surface area (Å²) in [5.41, 5.74) is 3.80. The predicted octanol–water partition coefficient (Wildman–Crippen LogP) is 3.61. The van der Waals surface area contributed by atoms with Crippen LogP contribution in [0.15, 0.2) is 52.1 Å². The predicted molar refractivity (Wildman–Crippen MR) is 115 cm³/mol. The highest BCUT2D eigenvalue weighted by atomic mass is 32.2. The molecule has 0 aliphatic carbocycles. The van der Waals surface area contributed by atoms with Crippen LogP contribution in [0.1, 0.15) is 43.3 Å². The van der Waals surface area contributed by atoms with Crippen LogP contribution in [-0.2, 0) is 12.3 Å². The van der Waals surface area contributed by atoms with Crippen molar-refractivity contribution in [1.82, 2.24) is 20.4 Å². The Balaban J connectivity index is 1.68. The zero-order chi connectivity index (χ0) is 21.7. The fourth-order valence-corrected chi connectivity index (χ4v) is 4.02. The molecule has 3 aromatic rings. The Morgan fingerprint density at radius 1 is 1.17 bits per heavy atom. The number of rotatable bonds is 7. The molecule has 0 spiro atoms. The van der Waals surface area contributed by atoms with Crippen LogP contribution < -0.4 is 5.32 Å². The number of hydrogen-bond donors (Lipinski definition) is 1. The highest BCUT2D eigenvalue weighted by Gasteiger charge is 2.16. The monoisotopic (exact) mass is 424 g/mol. The number of carbonyl (C=O) groups excluding carboxylic acids is 2. The number of pyridine rings is 1. The van der Waals surface area contributed by atoms with Gasteiger partial charge in [0.05, 0.1) is 11.3 Å². The van der Waals surface area contributed by atoms with Crippen LogP contribution in [0.5, 0.6) is 0 Å². The van der Waals surface area contributed by atoms with Gasteiger partial charge in [-0.2, -0.15) is 0 Å². The lowest BCUT2D eigenvalue weighted by Gasteiger charge is -2.12. The van der Waals surface area contributed by atoms with Gasteiger partial charge in [0.15, 0.2) is 0 Å². The standard InChI is InChI=1S/C22H24N4O3S/c1-14-19(15(2)29-25-14)13-30-21-18(9-6-10-23-21)20(27)24-12-16-7-5-8-17(11-16)22(28)26(3)4/h5-11H,12-13H2,1-4H3,(H,24,27). The fourth-order valence-electron chi connectivity index (χ4n) is 2.88. The molecule has 7 nitrogen and oxygen atoms in total. The first kappa shape index (κ1) is 21.6. The van der Waals surface area contributed by atoms with Crippen LogP contribution in [0, 0.1) is 13.8 Å². The van der Waals surface area contributed by atoms with Crippen LogP contribution in [0.2, 0.25) is 0 Å². The Bertz CT molecular complexity index is 1040. The molecule has 0 aliphatic rings. The van der Waals surface area contributed by atoms with Crippen molar-refractivity contribution in [3.05, 3.63) is 76.3 Å². The largest absolute Gasteiger partial charge is 0.361 e. The van der Waals surface area contributed by atoms with Crippen LogP contribution in [-0.4, -0.2) is 41.0 Å². The number of hydrogen-bond acceptors (Lipinski definition) is 6. The molecule has 156 valence electrons. The molecule has 0 aliphatic heterocycles. The minimum absolute atomic E-state index is 0.0755. The Labute approximate surface area is 179 Å². The van der Waals surface area contributed by atoms with Gasteiger partial charge >= 0.3 is 0 Å². The highest BCUT2D eigenvalue weighted by Crippen LogP contribution is 2.27. The summed E-state index contributed by atoms with van der Waals surface area (Å²) >= 11 is 1.47. The van der Waals surface area contributed by atoms with Gasteiger partial charge in [-0.05, 0) is 43.7 Å². The van der Waals surface area contributed by atoms with E-state index in [-0.39, 0.29) is 11.8 Å². The highest BCUT2D eigenvalue weighted by molar-refractivity contribution is 7.98. The number of aryl methyl sites for hydroxylation is 2. The van der Waals surface area contributed by atoms with E-state index in [0.717, 1.165) is 22.6 Å². The average molecular weight is 425 g/mol. The summed E-state index contributed by atoms with van der Waals surface area (Å²) < 4.78 is 5.20. The topological polar surface area (TPSA) is 88.3 Å². The van der Waals surface area contributed by atoms with Crippen molar-refractivity contribution in [2.75, 3.05) is 14.1 Å². The lowest BCUT2D eigenvalue weighted by atomic mass is 10.1. The third-order valence-corrected chi connectivity index (χ3v) is 5.62. The normalized spacial score (nSPS) is 10.7.